The highest BCUT2D eigenvalue weighted by atomic mass is 79.9. The number of nitrogens with zero attached hydrogens (tertiary/aromatic N) is 1. The SMILES string of the molecule is Brc1cncc(NCCc2ccc3c(c2)OCCO3)c1. The fraction of sp³-hybridized carbons (Fsp3) is 0.267. The van der Waals surface area contributed by atoms with Crippen LogP contribution in [0.15, 0.2) is 41.1 Å². The molecule has 0 radical (unpaired) electrons. The van der Waals surface area contributed by atoms with Gasteiger partial charge in [0.25, 0.3) is 0 Å². The van der Waals surface area contributed by atoms with E-state index in [1.165, 1.54) is 5.56 Å². The molecule has 0 atom stereocenters. The van der Waals surface area contributed by atoms with Crippen LogP contribution >= 0.6 is 15.9 Å². The van der Waals surface area contributed by atoms with Crippen molar-refractivity contribution in [3.8, 4) is 11.5 Å². The number of halogens is 1. The molecule has 0 aliphatic carbocycles. The summed E-state index contributed by atoms with van der Waals surface area (Å²) in [6.07, 6.45) is 4.50. The molecule has 1 aliphatic heterocycles. The van der Waals surface area contributed by atoms with E-state index in [0.717, 1.165) is 34.6 Å². The fourth-order valence-corrected chi connectivity index (χ4v) is 2.47. The van der Waals surface area contributed by atoms with Gasteiger partial charge < -0.3 is 14.8 Å². The molecule has 0 unspecified atom stereocenters. The van der Waals surface area contributed by atoms with Crippen molar-refractivity contribution in [2.75, 3.05) is 25.1 Å². The van der Waals surface area contributed by atoms with Crippen molar-refractivity contribution >= 4 is 21.6 Å². The second-order valence-electron chi connectivity index (χ2n) is 4.55. The minimum Gasteiger partial charge on any atom is -0.486 e. The first-order valence-corrected chi connectivity index (χ1v) is 7.33. The zero-order chi connectivity index (χ0) is 13.8. The molecule has 5 heteroatoms. The number of pyridine rings is 1. The Kier molecular flexibility index (Phi) is 4.06. The molecule has 0 saturated carbocycles. The lowest BCUT2D eigenvalue weighted by Crippen LogP contribution is -2.15. The molecule has 2 aromatic rings. The molecule has 20 heavy (non-hydrogen) atoms. The second kappa shape index (κ2) is 6.13. The van der Waals surface area contributed by atoms with E-state index in [-0.39, 0.29) is 0 Å². The Morgan fingerprint density at radius 3 is 2.80 bits per heavy atom. The van der Waals surface area contributed by atoms with Crippen molar-refractivity contribution in [1.29, 1.82) is 0 Å². The predicted octanol–water partition coefficient (Wildman–Crippen LogP) is 3.27. The molecule has 2 heterocycles. The first-order valence-electron chi connectivity index (χ1n) is 6.54. The molecular weight excluding hydrogens is 320 g/mol. The summed E-state index contributed by atoms with van der Waals surface area (Å²) >= 11 is 3.41. The minimum absolute atomic E-state index is 0.623. The lowest BCUT2D eigenvalue weighted by molar-refractivity contribution is 0.171. The molecule has 4 nitrogen and oxygen atoms in total. The monoisotopic (exact) mass is 334 g/mol. The Hall–Kier alpha value is -1.75. The fourth-order valence-electron chi connectivity index (χ4n) is 2.10. The maximum atomic E-state index is 5.58. The zero-order valence-corrected chi connectivity index (χ0v) is 12.5. The van der Waals surface area contributed by atoms with E-state index < -0.39 is 0 Å². The minimum atomic E-state index is 0.623. The van der Waals surface area contributed by atoms with Crippen LogP contribution < -0.4 is 14.8 Å². The number of rotatable bonds is 4. The highest BCUT2D eigenvalue weighted by Gasteiger charge is 2.11. The van der Waals surface area contributed by atoms with Gasteiger partial charge in [-0.05, 0) is 46.1 Å². The van der Waals surface area contributed by atoms with E-state index in [2.05, 4.69) is 38.4 Å². The number of ether oxygens (including phenoxy) is 2. The number of benzene rings is 1. The predicted molar refractivity (Wildman–Crippen MR) is 81.6 cm³/mol. The number of nitrogens with one attached hydrogen (secondary N) is 1. The van der Waals surface area contributed by atoms with Crippen LogP contribution in [0.25, 0.3) is 0 Å². The average Bonchev–Trinajstić information content (AvgIpc) is 2.47. The van der Waals surface area contributed by atoms with E-state index in [1.54, 1.807) is 6.20 Å². The molecule has 1 aromatic heterocycles. The van der Waals surface area contributed by atoms with Crippen LogP contribution in [-0.4, -0.2) is 24.7 Å². The standard InChI is InChI=1S/C15H15BrN2O2/c16-12-8-13(10-17-9-12)18-4-3-11-1-2-14-15(7-11)20-6-5-19-14/h1-2,7-10,18H,3-6H2. The molecule has 0 bridgehead atoms. The van der Waals surface area contributed by atoms with Gasteiger partial charge in [0, 0.05) is 17.2 Å². The molecule has 1 aromatic carbocycles. The summed E-state index contributed by atoms with van der Waals surface area (Å²) in [4.78, 5) is 4.12. The van der Waals surface area contributed by atoms with Gasteiger partial charge in [0.05, 0.1) is 11.9 Å². The van der Waals surface area contributed by atoms with Gasteiger partial charge in [-0.1, -0.05) is 6.07 Å². The van der Waals surface area contributed by atoms with Crippen molar-refractivity contribution < 1.29 is 9.47 Å². The topological polar surface area (TPSA) is 43.4 Å². The van der Waals surface area contributed by atoms with Crippen LogP contribution in [-0.2, 0) is 6.42 Å². The number of hydrogen-bond donors (Lipinski definition) is 1. The lowest BCUT2D eigenvalue weighted by atomic mass is 10.1. The molecule has 3 rings (SSSR count). The Morgan fingerprint density at radius 1 is 1.10 bits per heavy atom. The van der Waals surface area contributed by atoms with Gasteiger partial charge in [-0.3, -0.25) is 4.98 Å². The number of anilines is 1. The molecule has 104 valence electrons. The maximum absolute atomic E-state index is 5.58. The van der Waals surface area contributed by atoms with Crippen LogP contribution in [0.5, 0.6) is 11.5 Å². The van der Waals surface area contributed by atoms with E-state index in [1.807, 2.05) is 18.3 Å². The lowest BCUT2D eigenvalue weighted by Gasteiger charge is -2.19. The Labute approximate surface area is 126 Å². The van der Waals surface area contributed by atoms with E-state index in [0.29, 0.717) is 13.2 Å². The van der Waals surface area contributed by atoms with Gasteiger partial charge in [0.15, 0.2) is 11.5 Å². The van der Waals surface area contributed by atoms with Gasteiger partial charge >= 0.3 is 0 Å². The number of aromatic nitrogens is 1. The largest absolute Gasteiger partial charge is 0.486 e. The van der Waals surface area contributed by atoms with E-state index in [9.17, 15) is 0 Å². The first-order chi connectivity index (χ1) is 9.81. The first kappa shape index (κ1) is 13.2. The highest BCUT2D eigenvalue weighted by Crippen LogP contribution is 2.30. The quantitative estimate of drug-likeness (QED) is 0.931. The van der Waals surface area contributed by atoms with E-state index >= 15 is 0 Å². The molecule has 0 fully saturated rings. The van der Waals surface area contributed by atoms with Crippen LogP contribution in [0.4, 0.5) is 5.69 Å². The zero-order valence-electron chi connectivity index (χ0n) is 10.9. The summed E-state index contributed by atoms with van der Waals surface area (Å²) in [5.74, 6) is 1.68. The van der Waals surface area contributed by atoms with Gasteiger partial charge in [-0.25, -0.2) is 0 Å². The Morgan fingerprint density at radius 2 is 1.95 bits per heavy atom. The summed E-state index contributed by atoms with van der Waals surface area (Å²) in [5.41, 5.74) is 2.24. The van der Waals surface area contributed by atoms with Gasteiger partial charge in [0.2, 0.25) is 0 Å². The molecular formula is C15H15BrN2O2. The van der Waals surface area contributed by atoms with Crippen LogP contribution in [0, 0.1) is 0 Å². The summed E-state index contributed by atoms with van der Waals surface area (Å²) in [6, 6.07) is 8.12. The highest BCUT2D eigenvalue weighted by molar-refractivity contribution is 9.10. The summed E-state index contributed by atoms with van der Waals surface area (Å²) in [5, 5.41) is 3.35. The average molecular weight is 335 g/mol. The molecule has 0 spiro atoms. The number of fused-ring (bicyclic) bond motifs is 1. The van der Waals surface area contributed by atoms with Crippen LogP contribution in [0.1, 0.15) is 5.56 Å². The second-order valence-corrected chi connectivity index (χ2v) is 5.46. The molecule has 1 N–H and O–H groups in total. The van der Waals surface area contributed by atoms with Gasteiger partial charge in [-0.2, -0.15) is 0 Å². The van der Waals surface area contributed by atoms with Gasteiger partial charge in [0.1, 0.15) is 13.2 Å². The molecule has 1 aliphatic rings. The molecule has 0 saturated heterocycles. The van der Waals surface area contributed by atoms with E-state index in [4.69, 9.17) is 9.47 Å². The molecule has 0 amide bonds. The Bertz CT molecular complexity index is 604. The maximum Gasteiger partial charge on any atom is 0.161 e. The van der Waals surface area contributed by atoms with Crippen molar-refractivity contribution in [2.24, 2.45) is 0 Å². The van der Waals surface area contributed by atoms with Gasteiger partial charge in [-0.15, -0.1) is 0 Å². The summed E-state index contributed by atoms with van der Waals surface area (Å²) in [7, 11) is 0. The third-order valence-electron chi connectivity index (χ3n) is 3.05. The normalized spacial score (nSPS) is 13.1. The van der Waals surface area contributed by atoms with Crippen molar-refractivity contribution in [1.82, 2.24) is 4.98 Å². The third-order valence-corrected chi connectivity index (χ3v) is 3.49. The summed E-state index contributed by atoms with van der Waals surface area (Å²) < 4.78 is 12.1. The van der Waals surface area contributed by atoms with Crippen LogP contribution in [0.3, 0.4) is 0 Å². The van der Waals surface area contributed by atoms with Crippen molar-refractivity contribution in [3.05, 3.63) is 46.7 Å². The van der Waals surface area contributed by atoms with Crippen molar-refractivity contribution in [3.63, 3.8) is 0 Å². The Balaban J connectivity index is 1.58. The smallest absolute Gasteiger partial charge is 0.161 e. The van der Waals surface area contributed by atoms with Crippen LogP contribution in [0.2, 0.25) is 0 Å². The van der Waals surface area contributed by atoms with Crippen molar-refractivity contribution in [2.45, 2.75) is 6.42 Å². The third kappa shape index (κ3) is 3.22. The number of hydrogen-bond acceptors (Lipinski definition) is 4. The summed E-state index contributed by atoms with van der Waals surface area (Å²) in [6.45, 7) is 2.10.